The second-order valence-corrected chi connectivity index (χ2v) is 8.16. The molecule has 1 aromatic carbocycles. The lowest BCUT2D eigenvalue weighted by Gasteiger charge is -2.13. The minimum atomic E-state index is -3.88. The molecule has 0 radical (unpaired) electrons. The Morgan fingerprint density at radius 3 is 2.54 bits per heavy atom. The van der Waals surface area contributed by atoms with Crippen LogP contribution in [-0.4, -0.2) is 24.1 Å². The van der Waals surface area contributed by atoms with Crippen LogP contribution < -0.4 is 10.5 Å². The molecule has 0 aliphatic heterocycles. The van der Waals surface area contributed by atoms with Gasteiger partial charge >= 0.3 is 0 Å². The molecule has 7 nitrogen and oxygen atoms in total. The lowest BCUT2D eigenvalue weighted by Crippen LogP contribution is -2.17. The maximum absolute atomic E-state index is 12.7. The Hall–Kier alpha value is -1.90. The number of aryl methyl sites for hydroxylation is 3. The van der Waals surface area contributed by atoms with Crippen LogP contribution in [-0.2, 0) is 16.6 Å². The molecule has 0 saturated heterocycles. The third-order valence-electron chi connectivity index (χ3n) is 4.23. The van der Waals surface area contributed by atoms with Gasteiger partial charge in [0.1, 0.15) is 5.15 Å². The van der Waals surface area contributed by atoms with Gasteiger partial charge in [0.25, 0.3) is 5.91 Å². The molecule has 2 aromatic rings. The van der Waals surface area contributed by atoms with Gasteiger partial charge < -0.3 is 5.32 Å². The van der Waals surface area contributed by atoms with Crippen molar-refractivity contribution < 1.29 is 13.2 Å². The van der Waals surface area contributed by atoms with E-state index in [0.717, 1.165) is 18.4 Å². The maximum atomic E-state index is 12.7. The van der Waals surface area contributed by atoms with E-state index in [9.17, 15) is 13.2 Å². The number of hydrogen-bond acceptors (Lipinski definition) is 4. The summed E-state index contributed by atoms with van der Waals surface area (Å²) in [6, 6.07) is 2.82. The van der Waals surface area contributed by atoms with E-state index in [4.69, 9.17) is 16.7 Å². The summed E-state index contributed by atoms with van der Waals surface area (Å²) in [5.41, 5.74) is 2.61. The van der Waals surface area contributed by atoms with Crippen molar-refractivity contribution in [2.75, 3.05) is 5.32 Å². The van der Waals surface area contributed by atoms with Gasteiger partial charge in [0.05, 0.1) is 16.2 Å². The van der Waals surface area contributed by atoms with E-state index in [0.29, 0.717) is 23.5 Å². The number of sulfonamides is 1. The number of anilines is 1. The highest BCUT2D eigenvalue weighted by Crippen LogP contribution is 2.26. The molecular weight excluding hydrogens is 376 g/mol. The molecule has 1 amide bonds. The molecule has 9 heteroatoms. The smallest absolute Gasteiger partial charge is 0.260 e. The van der Waals surface area contributed by atoms with Crippen molar-refractivity contribution in [1.29, 1.82) is 0 Å². The van der Waals surface area contributed by atoms with Gasteiger partial charge in [0.2, 0.25) is 10.0 Å². The van der Waals surface area contributed by atoms with Crippen molar-refractivity contribution in [3.05, 3.63) is 39.7 Å². The van der Waals surface area contributed by atoms with Gasteiger partial charge in [0, 0.05) is 12.2 Å². The lowest BCUT2D eigenvalue weighted by molar-refractivity contribution is 0.102. The number of hydrogen-bond donors (Lipinski definition) is 2. The highest BCUT2D eigenvalue weighted by atomic mass is 35.5. The van der Waals surface area contributed by atoms with Crippen LogP contribution in [0.5, 0.6) is 0 Å². The van der Waals surface area contributed by atoms with Gasteiger partial charge in [-0.15, -0.1) is 0 Å². The predicted octanol–water partition coefficient (Wildman–Crippen LogP) is 3.16. The van der Waals surface area contributed by atoms with Crippen LogP contribution in [0.25, 0.3) is 0 Å². The Kier molecular flexibility index (Phi) is 6.10. The van der Waals surface area contributed by atoms with Gasteiger partial charge in [-0.05, 0) is 50.5 Å². The number of carbonyl (C=O) groups excluding carboxylic acids is 1. The van der Waals surface area contributed by atoms with Crippen molar-refractivity contribution in [1.82, 2.24) is 9.78 Å². The minimum absolute atomic E-state index is 0.0580. The normalized spacial score (nSPS) is 11.6. The van der Waals surface area contributed by atoms with Gasteiger partial charge in [-0.2, -0.15) is 5.10 Å². The van der Waals surface area contributed by atoms with Crippen LogP contribution >= 0.6 is 11.6 Å². The number of unbranched alkanes of at least 4 members (excludes halogenated alkanes) is 1. The van der Waals surface area contributed by atoms with Gasteiger partial charge in [-0.3, -0.25) is 9.48 Å². The van der Waals surface area contributed by atoms with E-state index in [1.54, 1.807) is 25.5 Å². The Balaban J connectivity index is 2.39. The standard InChI is InChI=1S/C17H23ClN4O3S/c1-5-6-7-22-16(18)15(12(4)21-22)17(23)20-14-9-13(26(19,24)25)8-10(2)11(14)3/h8-9H,5-7H2,1-4H3,(H,20,23)(H2,19,24,25). The first-order valence-corrected chi connectivity index (χ1v) is 10.2. The van der Waals surface area contributed by atoms with Crippen molar-refractivity contribution in [3.8, 4) is 0 Å². The van der Waals surface area contributed by atoms with E-state index < -0.39 is 15.9 Å². The summed E-state index contributed by atoms with van der Waals surface area (Å²) in [5.74, 6) is -0.440. The zero-order valence-corrected chi connectivity index (χ0v) is 16.8. The highest BCUT2D eigenvalue weighted by Gasteiger charge is 2.22. The van der Waals surface area contributed by atoms with Crippen molar-refractivity contribution in [2.45, 2.75) is 52.0 Å². The van der Waals surface area contributed by atoms with Gasteiger partial charge in [-0.25, -0.2) is 13.6 Å². The fraction of sp³-hybridized carbons (Fsp3) is 0.412. The first kappa shape index (κ1) is 20.4. The average molecular weight is 399 g/mol. The summed E-state index contributed by atoms with van der Waals surface area (Å²) < 4.78 is 24.9. The average Bonchev–Trinajstić information content (AvgIpc) is 2.82. The molecule has 0 fully saturated rings. The summed E-state index contributed by atoms with van der Waals surface area (Å²) >= 11 is 6.33. The highest BCUT2D eigenvalue weighted by molar-refractivity contribution is 7.89. The number of aromatic nitrogens is 2. The van der Waals surface area contributed by atoms with E-state index >= 15 is 0 Å². The number of carbonyl (C=O) groups is 1. The summed E-state index contributed by atoms with van der Waals surface area (Å²) in [6.07, 6.45) is 1.88. The quantitative estimate of drug-likeness (QED) is 0.779. The second kappa shape index (κ2) is 7.77. The first-order valence-electron chi connectivity index (χ1n) is 8.24. The van der Waals surface area contributed by atoms with Crippen LogP contribution in [0.1, 0.15) is 46.9 Å². The zero-order valence-electron chi connectivity index (χ0n) is 15.3. The van der Waals surface area contributed by atoms with E-state index in [1.807, 2.05) is 0 Å². The lowest BCUT2D eigenvalue weighted by atomic mass is 10.1. The molecular formula is C17H23ClN4O3S. The predicted molar refractivity (Wildman–Crippen MR) is 102 cm³/mol. The molecule has 0 atom stereocenters. The van der Waals surface area contributed by atoms with Crippen LogP contribution in [0.4, 0.5) is 5.69 Å². The Bertz CT molecular complexity index is 951. The topological polar surface area (TPSA) is 107 Å². The second-order valence-electron chi connectivity index (χ2n) is 6.24. The third-order valence-corrected chi connectivity index (χ3v) is 5.51. The maximum Gasteiger partial charge on any atom is 0.260 e. The monoisotopic (exact) mass is 398 g/mol. The largest absolute Gasteiger partial charge is 0.322 e. The number of nitrogens with one attached hydrogen (secondary N) is 1. The number of amides is 1. The fourth-order valence-corrected chi connectivity index (χ4v) is 3.54. The Labute approximate surface area is 158 Å². The molecule has 26 heavy (non-hydrogen) atoms. The Morgan fingerprint density at radius 1 is 1.31 bits per heavy atom. The molecule has 2 rings (SSSR count). The zero-order chi connectivity index (χ0) is 19.6. The number of primary sulfonamides is 1. The first-order chi connectivity index (χ1) is 12.1. The number of nitrogens with zero attached hydrogens (tertiary/aromatic N) is 2. The van der Waals surface area contributed by atoms with Crippen LogP contribution in [0.3, 0.4) is 0 Å². The third kappa shape index (κ3) is 4.25. The number of halogens is 1. The fourth-order valence-electron chi connectivity index (χ4n) is 2.57. The molecule has 0 aliphatic carbocycles. The van der Waals surface area contributed by atoms with Crippen molar-refractivity contribution in [3.63, 3.8) is 0 Å². The van der Waals surface area contributed by atoms with Gasteiger partial charge in [0.15, 0.2) is 0 Å². The SMILES string of the molecule is CCCCn1nc(C)c(C(=O)Nc2cc(S(N)(=O)=O)cc(C)c2C)c1Cl. The molecule has 0 unspecified atom stereocenters. The van der Waals surface area contributed by atoms with Gasteiger partial charge in [-0.1, -0.05) is 24.9 Å². The summed E-state index contributed by atoms with van der Waals surface area (Å²) in [5, 5.41) is 12.5. The molecule has 0 saturated carbocycles. The van der Waals surface area contributed by atoms with Crippen LogP contribution in [0.2, 0.25) is 5.15 Å². The van der Waals surface area contributed by atoms with Crippen molar-refractivity contribution >= 4 is 33.2 Å². The summed E-state index contributed by atoms with van der Waals surface area (Å²) in [6.45, 7) is 7.93. The number of nitrogens with two attached hydrogens (primary N) is 1. The Morgan fingerprint density at radius 2 is 1.96 bits per heavy atom. The summed E-state index contributed by atoms with van der Waals surface area (Å²) in [7, 11) is -3.88. The van der Waals surface area contributed by atoms with Crippen molar-refractivity contribution in [2.24, 2.45) is 5.14 Å². The molecule has 1 aromatic heterocycles. The molecule has 0 aliphatic rings. The molecule has 1 heterocycles. The molecule has 0 spiro atoms. The summed E-state index contributed by atoms with van der Waals surface area (Å²) in [4.78, 5) is 12.7. The van der Waals surface area contributed by atoms with E-state index in [2.05, 4.69) is 17.3 Å². The number of benzene rings is 1. The van der Waals surface area contributed by atoms with Crippen LogP contribution in [0, 0.1) is 20.8 Å². The van der Waals surface area contributed by atoms with E-state index in [-0.39, 0.29) is 15.6 Å². The minimum Gasteiger partial charge on any atom is -0.322 e. The number of rotatable bonds is 6. The van der Waals surface area contributed by atoms with E-state index in [1.165, 1.54) is 12.1 Å². The molecule has 142 valence electrons. The van der Waals surface area contributed by atoms with Crippen LogP contribution in [0.15, 0.2) is 17.0 Å². The molecule has 0 bridgehead atoms. The molecule has 3 N–H and O–H groups in total.